The first-order valence-electron chi connectivity index (χ1n) is 12.1. The molecule has 0 unspecified atom stereocenters. The number of carbonyl (C=O) groups excluding carboxylic acids is 2. The summed E-state index contributed by atoms with van der Waals surface area (Å²) < 4.78 is 5.76. The van der Waals surface area contributed by atoms with Crippen molar-refractivity contribution in [2.24, 2.45) is 5.92 Å². The lowest BCUT2D eigenvalue weighted by Gasteiger charge is -2.39. The minimum absolute atomic E-state index is 0.0909. The smallest absolute Gasteiger partial charge is 0.307 e. The second kappa shape index (κ2) is 9.08. The molecule has 2 saturated heterocycles. The first kappa shape index (κ1) is 21.8. The van der Waals surface area contributed by atoms with Gasteiger partial charge >= 0.3 is 5.97 Å². The van der Waals surface area contributed by atoms with Gasteiger partial charge in [-0.15, -0.1) is 0 Å². The Balaban J connectivity index is 1.22. The third-order valence-corrected chi connectivity index (χ3v) is 7.34. The van der Waals surface area contributed by atoms with Crippen LogP contribution in [0.1, 0.15) is 68.7 Å². The minimum Gasteiger partial charge on any atom is -0.458 e. The van der Waals surface area contributed by atoms with Crippen molar-refractivity contribution in [1.29, 1.82) is 0 Å². The van der Waals surface area contributed by atoms with Gasteiger partial charge in [-0.3, -0.25) is 14.6 Å². The molecule has 1 spiro atoms. The van der Waals surface area contributed by atoms with Crippen LogP contribution in [0.5, 0.6) is 0 Å². The normalized spacial score (nSPS) is 22.9. The third kappa shape index (κ3) is 4.56. The molecular formula is C25H31N5O3. The number of likely N-dealkylation sites (tertiary alicyclic amines) is 1. The Hall–Kier alpha value is -3.03. The highest BCUT2D eigenvalue weighted by Crippen LogP contribution is 2.45. The maximum atomic E-state index is 13.4. The van der Waals surface area contributed by atoms with E-state index >= 15 is 0 Å². The van der Waals surface area contributed by atoms with Crippen LogP contribution >= 0.6 is 0 Å². The highest BCUT2D eigenvalue weighted by Gasteiger charge is 2.53. The molecule has 5 rings (SSSR count). The van der Waals surface area contributed by atoms with Gasteiger partial charge in [-0.25, -0.2) is 9.97 Å². The molecule has 3 fully saturated rings. The number of hydrogen-bond acceptors (Lipinski definition) is 7. The van der Waals surface area contributed by atoms with Gasteiger partial charge in [-0.05, 0) is 57.6 Å². The summed E-state index contributed by atoms with van der Waals surface area (Å²) in [7, 11) is 0. The van der Waals surface area contributed by atoms with Gasteiger partial charge in [0.15, 0.2) is 0 Å². The summed E-state index contributed by atoms with van der Waals surface area (Å²) >= 11 is 0. The largest absolute Gasteiger partial charge is 0.458 e. The first-order chi connectivity index (χ1) is 16.0. The number of ether oxygens (including phenoxy) is 1. The Bertz CT molecular complexity index is 1030. The van der Waals surface area contributed by atoms with Crippen LogP contribution in [0.3, 0.4) is 0 Å². The molecule has 1 aliphatic carbocycles. The molecule has 2 aliphatic heterocycles. The summed E-state index contributed by atoms with van der Waals surface area (Å²) in [5, 5.41) is 3.23. The molecule has 4 heterocycles. The molecule has 3 aliphatic rings. The van der Waals surface area contributed by atoms with E-state index in [9.17, 15) is 9.59 Å². The van der Waals surface area contributed by atoms with E-state index in [-0.39, 0.29) is 30.1 Å². The molecule has 2 aromatic rings. The molecule has 174 valence electrons. The van der Waals surface area contributed by atoms with Crippen LogP contribution in [0.4, 0.5) is 11.6 Å². The number of nitrogens with zero attached hydrogens (tertiary/aromatic N) is 4. The number of nitrogens with one attached hydrogen (secondary N) is 1. The highest BCUT2D eigenvalue weighted by atomic mass is 16.6. The molecule has 1 N–H and O–H groups in total. The second-order valence-electron chi connectivity index (χ2n) is 9.57. The SMILES string of the molecule is Cc1cccc(Nc2cncc(C3CCN(C(=O)[C@@H]4CC(=O)OC45CCCCC5)CC3)n2)n1. The molecule has 0 aromatic carbocycles. The van der Waals surface area contributed by atoms with Crippen molar-refractivity contribution in [1.82, 2.24) is 19.9 Å². The summed E-state index contributed by atoms with van der Waals surface area (Å²) in [6.07, 6.45) is 10.3. The predicted molar refractivity (Wildman–Crippen MR) is 123 cm³/mol. The molecule has 1 atom stereocenters. The van der Waals surface area contributed by atoms with Gasteiger partial charge in [0, 0.05) is 30.9 Å². The number of hydrogen-bond donors (Lipinski definition) is 1. The summed E-state index contributed by atoms with van der Waals surface area (Å²) in [6.45, 7) is 3.29. The van der Waals surface area contributed by atoms with E-state index in [1.165, 1.54) is 0 Å². The molecule has 0 radical (unpaired) electrons. The van der Waals surface area contributed by atoms with Crippen molar-refractivity contribution >= 4 is 23.5 Å². The van der Waals surface area contributed by atoms with E-state index in [0.717, 1.165) is 62.2 Å². The number of rotatable bonds is 4. The summed E-state index contributed by atoms with van der Waals surface area (Å²) in [5.41, 5.74) is 1.31. The van der Waals surface area contributed by atoms with Crippen LogP contribution in [0.25, 0.3) is 0 Å². The number of aryl methyl sites for hydroxylation is 1. The lowest BCUT2D eigenvalue weighted by atomic mass is 9.75. The van der Waals surface area contributed by atoms with E-state index in [0.29, 0.717) is 18.9 Å². The van der Waals surface area contributed by atoms with Crippen LogP contribution in [0.15, 0.2) is 30.6 Å². The van der Waals surface area contributed by atoms with E-state index in [2.05, 4.69) is 15.3 Å². The highest BCUT2D eigenvalue weighted by molar-refractivity contribution is 5.88. The van der Waals surface area contributed by atoms with Gasteiger partial charge in [0.1, 0.15) is 17.2 Å². The number of amides is 1. The summed E-state index contributed by atoms with van der Waals surface area (Å²) in [5.74, 6) is 1.22. The maximum Gasteiger partial charge on any atom is 0.307 e. The fraction of sp³-hybridized carbons (Fsp3) is 0.560. The first-order valence-corrected chi connectivity index (χ1v) is 12.1. The maximum absolute atomic E-state index is 13.4. The molecule has 1 amide bonds. The third-order valence-electron chi connectivity index (χ3n) is 7.34. The molecule has 33 heavy (non-hydrogen) atoms. The number of anilines is 2. The fourth-order valence-corrected chi connectivity index (χ4v) is 5.60. The van der Waals surface area contributed by atoms with E-state index in [1.54, 1.807) is 6.20 Å². The minimum atomic E-state index is -0.557. The number of aromatic nitrogens is 3. The summed E-state index contributed by atoms with van der Waals surface area (Å²) in [6, 6.07) is 5.81. The Morgan fingerprint density at radius 3 is 2.64 bits per heavy atom. The van der Waals surface area contributed by atoms with Crippen molar-refractivity contribution in [3.05, 3.63) is 42.0 Å². The van der Waals surface area contributed by atoms with Crippen LogP contribution in [0.2, 0.25) is 0 Å². The Morgan fingerprint density at radius 1 is 1.09 bits per heavy atom. The molecule has 2 aromatic heterocycles. The van der Waals surface area contributed by atoms with Gasteiger partial charge in [0.05, 0.1) is 24.2 Å². The average Bonchev–Trinajstić information content (AvgIpc) is 3.14. The number of piperidine rings is 1. The quantitative estimate of drug-likeness (QED) is 0.707. The Labute approximate surface area is 194 Å². The van der Waals surface area contributed by atoms with Gasteiger partial charge in [-0.1, -0.05) is 12.5 Å². The van der Waals surface area contributed by atoms with Crippen molar-refractivity contribution in [2.75, 3.05) is 18.4 Å². The standard InChI is InChI=1S/C25H31N5O3/c1-17-6-5-7-21(27-17)29-22-16-26-15-20(28-22)18-8-12-30(13-9-18)24(32)19-14-23(31)33-25(19)10-3-2-4-11-25/h5-7,15-16,18-19H,2-4,8-14H2,1H3,(H,27,28,29)/t19-/m0/s1. The number of pyridine rings is 1. The van der Waals surface area contributed by atoms with E-state index in [4.69, 9.17) is 9.72 Å². The van der Waals surface area contributed by atoms with E-state index < -0.39 is 5.60 Å². The van der Waals surface area contributed by atoms with Gasteiger partial charge in [-0.2, -0.15) is 0 Å². The van der Waals surface area contributed by atoms with Crippen molar-refractivity contribution in [3.63, 3.8) is 0 Å². The number of carbonyl (C=O) groups is 2. The second-order valence-corrected chi connectivity index (χ2v) is 9.57. The average molecular weight is 450 g/mol. The molecule has 1 saturated carbocycles. The van der Waals surface area contributed by atoms with E-state index in [1.807, 2.05) is 36.2 Å². The summed E-state index contributed by atoms with van der Waals surface area (Å²) in [4.78, 5) is 41.0. The Kier molecular flexibility index (Phi) is 6.00. The lowest BCUT2D eigenvalue weighted by molar-refractivity contribution is -0.156. The van der Waals surface area contributed by atoms with Gasteiger partial charge in [0.25, 0.3) is 0 Å². The fourth-order valence-electron chi connectivity index (χ4n) is 5.60. The van der Waals surface area contributed by atoms with Crippen molar-refractivity contribution in [3.8, 4) is 0 Å². The lowest BCUT2D eigenvalue weighted by Crippen LogP contribution is -2.49. The van der Waals surface area contributed by atoms with Crippen molar-refractivity contribution < 1.29 is 14.3 Å². The van der Waals surface area contributed by atoms with Gasteiger partial charge < -0.3 is 15.0 Å². The zero-order chi connectivity index (χ0) is 22.8. The van der Waals surface area contributed by atoms with Crippen molar-refractivity contribution in [2.45, 2.75) is 69.8 Å². The monoisotopic (exact) mass is 449 g/mol. The predicted octanol–water partition coefficient (Wildman–Crippen LogP) is 3.90. The topological polar surface area (TPSA) is 97.3 Å². The molecular weight excluding hydrogens is 418 g/mol. The van der Waals surface area contributed by atoms with Gasteiger partial charge in [0.2, 0.25) is 5.91 Å². The van der Waals surface area contributed by atoms with Crippen LogP contribution in [-0.2, 0) is 14.3 Å². The number of esters is 1. The molecule has 0 bridgehead atoms. The molecule has 8 nitrogen and oxygen atoms in total. The Morgan fingerprint density at radius 2 is 1.88 bits per heavy atom. The zero-order valence-corrected chi connectivity index (χ0v) is 19.1. The van der Waals surface area contributed by atoms with Crippen LogP contribution in [0, 0.1) is 12.8 Å². The van der Waals surface area contributed by atoms with Crippen LogP contribution < -0.4 is 5.32 Å². The molecule has 8 heteroatoms. The van der Waals surface area contributed by atoms with Crippen LogP contribution in [-0.4, -0.2) is 50.4 Å². The zero-order valence-electron chi connectivity index (χ0n) is 19.1.